The first-order chi connectivity index (χ1) is 13.7. The molecule has 0 radical (unpaired) electrons. The van der Waals surface area contributed by atoms with Gasteiger partial charge < -0.3 is 20.3 Å². The number of hydrogen-bond acceptors (Lipinski definition) is 5. The van der Waals surface area contributed by atoms with Gasteiger partial charge in [0.1, 0.15) is 0 Å². The molecular weight excluding hydrogens is 389 g/mol. The fourth-order valence-corrected chi connectivity index (χ4v) is 2.97. The molecule has 0 spiro atoms. The number of amides is 2. The van der Waals surface area contributed by atoms with E-state index in [0.717, 1.165) is 17.8 Å². The van der Waals surface area contributed by atoms with Crippen LogP contribution >= 0.6 is 0 Å². The molecule has 2 amide bonds. The Hall–Kier alpha value is -3.30. The number of hydrogen-bond donors (Lipinski definition) is 1. The molecule has 7 nitrogen and oxygen atoms in total. The summed E-state index contributed by atoms with van der Waals surface area (Å²) in [5.41, 5.74) is 5.84. The van der Waals surface area contributed by atoms with Crippen LogP contribution in [0.1, 0.15) is 5.56 Å². The number of nitrogens with two attached hydrogens (primary N) is 1. The third-order valence-corrected chi connectivity index (χ3v) is 4.47. The molecule has 1 aliphatic heterocycles. The summed E-state index contributed by atoms with van der Waals surface area (Å²) < 4.78 is 43.4. The number of piperazine rings is 1. The van der Waals surface area contributed by atoms with Crippen LogP contribution < -0.4 is 10.6 Å². The van der Waals surface area contributed by atoms with E-state index in [1.54, 1.807) is 24.4 Å². The molecule has 0 aliphatic carbocycles. The minimum atomic E-state index is -4.41. The molecule has 1 saturated heterocycles. The number of rotatable bonds is 4. The van der Waals surface area contributed by atoms with E-state index in [9.17, 15) is 22.8 Å². The van der Waals surface area contributed by atoms with Crippen LogP contribution in [0, 0.1) is 0 Å². The second-order valence-electron chi connectivity index (χ2n) is 6.48. The van der Waals surface area contributed by atoms with Gasteiger partial charge in [-0.1, -0.05) is 12.1 Å². The second-order valence-corrected chi connectivity index (χ2v) is 6.48. The molecule has 3 rings (SSSR count). The van der Waals surface area contributed by atoms with Gasteiger partial charge >= 0.3 is 12.3 Å². The van der Waals surface area contributed by atoms with Gasteiger partial charge in [0.15, 0.2) is 6.61 Å². The normalized spacial score (nSPS) is 14.6. The van der Waals surface area contributed by atoms with Crippen LogP contribution in [0.4, 0.5) is 23.7 Å². The minimum Gasteiger partial charge on any atom is -0.439 e. The van der Waals surface area contributed by atoms with Gasteiger partial charge in [0.25, 0.3) is 5.91 Å². The number of aromatic nitrogens is 1. The fraction of sp³-hybridized carbons (Fsp3) is 0.316. The van der Waals surface area contributed by atoms with E-state index in [0.29, 0.717) is 37.4 Å². The van der Waals surface area contributed by atoms with Crippen molar-refractivity contribution in [1.29, 1.82) is 0 Å². The molecule has 154 valence electrons. The Morgan fingerprint density at radius 2 is 1.83 bits per heavy atom. The van der Waals surface area contributed by atoms with Crippen molar-refractivity contribution in [2.75, 3.05) is 37.7 Å². The fourth-order valence-electron chi connectivity index (χ4n) is 2.97. The number of carbonyl (C=O) groups is 2. The third kappa shape index (κ3) is 5.15. The Kier molecular flexibility index (Phi) is 5.90. The van der Waals surface area contributed by atoms with E-state index >= 15 is 0 Å². The zero-order valence-corrected chi connectivity index (χ0v) is 15.4. The molecule has 2 N–H and O–H groups in total. The van der Waals surface area contributed by atoms with Crippen molar-refractivity contribution >= 4 is 17.7 Å². The largest absolute Gasteiger partial charge is 0.439 e. The quantitative estimate of drug-likeness (QED) is 0.840. The minimum absolute atomic E-state index is 0.383. The van der Waals surface area contributed by atoms with Crippen molar-refractivity contribution in [1.82, 2.24) is 9.88 Å². The summed E-state index contributed by atoms with van der Waals surface area (Å²) in [4.78, 5) is 30.3. The van der Waals surface area contributed by atoms with Crippen LogP contribution in [0.25, 0.3) is 11.3 Å². The first-order valence-electron chi connectivity index (χ1n) is 8.82. The van der Waals surface area contributed by atoms with Crippen LogP contribution in [-0.2, 0) is 15.7 Å². The molecule has 1 aliphatic rings. The summed E-state index contributed by atoms with van der Waals surface area (Å²) >= 11 is 0. The first-order valence-corrected chi connectivity index (χ1v) is 8.82. The highest BCUT2D eigenvalue weighted by molar-refractivity contribution is 5.78. The number of alkyl halides is 3. The molecule has 2 aromatic rings. The number of benzene rings is 1. The Balaban J connectivity index is 1.62. The van der Waals surface area contributed by atoms with Gasteiger partial charge in [-0.25, -0.2) is 4.79 Å². The molecule has 0 unspecified atom stereocenters. The number of anilines is 1. The highest BCUT2D eigenvalue weighted by Crippen LogP contribution is 2.32. The summed E-state index contributed by atoms with van der Waals surface area (Å²) in [6.45, 7) is 1.38. The van der Waals surface area contributed by atoms with Crippen molar-refractivity contribution in [3.05, 3.63) is 48.2 Å². The lowest BCUT2D eigenvalue weighted by molar-refractivity contribution is -0.137. The van der Waals surface area contributed by atoms with E-state index in [2.05, 4.69) is 4.98 Å². The second kappa shape index (κ2) is 8.38. The Bertz CT molecular complexity index is 879. The summed E-state index contributed by atoms with van der Waals surface area (Å²) in [7, 11) is 0. The van der Waals surface area contributed by atoms with Gasteiger partial charge in [-0.2, -0.15) is 13.2 Å². The molecule has 10 heteroatoms. The number of ether oxygens (including phenoxy) is 1. The number of nitrogens with zero attached hydrogens (tertiary/aromatic N) is 3. The molecule has 0 atom stereocenters. The SMILES string of the molecule is NC(=O)COC(=O)N1CCN(c2ccc(-c3cccc(C(F)(F)F)c3)nc2)CC1. The van der Waals surface area contributed by atoms with Crippen LogP contribution in [0.15, 0.2) is 42.6 Å². The predicted molar refractivity (Wildman–Crippen MR) is 99.0 cm³/mol. The van der Waals surface area contributed by atoms with Gasteiger partial charge in [-0.15, -0.1) is 0 Å². The van der Waals surface area contributed by atoms with Crippen LogP contribution in [0.2, 0.25) is 0 Å². The molecule has 0 saturated carbocycles. The van der Waals surface area contributed by atoms with Crippen LogP contribution in [-0.4, -0.2) is 54.7 Å². The first kappa shape index (κ1) is 20.4. The number of pyridine rings is 1. The Morgan fingerprint density at radius 3 is 2.41 bits per heavy atom. The molecule has 0 bridgehead atoms. The maximum Gasteiger partial charge on any atom is 0.416 e. The summed E-state index contributed by atoms with van der Waals surface area (Å²) in [6, 6.07) is 8.46. The predicted octanol–water partition coefficient (Wildman–Crippen LogP) is 2.51. The van der Waals surface area contributed by atoms with Crippen molar-refractivity contribution in [3.63, 3.8) is 0 Å². The van der Waals surface area contributed by atoms with Gasteiger partial charge in [0, 0.05) is 31.7 Å². The Morgan fingerprint density at radius 1 is 1.10 bits per heavy atom. The number of primary amides is 1. The standard InChI is InChI=1S/C19H19F3N4O3/c20-19(21,22)14-3-1-2-13(10-14)16-5-4-15(11-24-16)25-6-8-26(9-7-25)18(28)29-12-17(23)27/h1-5,10-11H,6-9,12H2,(H2,23,27). The van der Waals surface area contributed by atoms with Crippen molar-refractivity contribution in [2.45, 2.75) is 6.18 Å². The lowest BCUT2D eigenvalue weighted by Gasteiger charge is -2.35. The molecule has 2 heterocycles. The molecule has 1 aromatic heterocycles. The van der Waals surface area contributed by atoms with Crippen LogP contribution in [0.5, 0.6) is 0 Å². The molecular formula is C19H19F3N4O3. The smallest absolute Gasteiger partial charge is 0.416 e. The van der Waals surface area contributed by atoms with E-state index in [1.807, 2.05) is 4.90 Å². The summed E-state index contributed by atoms with van der Waals surface area (Å²) in [5.74, 6) is -0.719. The van der Waals surface area contributed by atoms with Crippen molar-refractivity contribution < 1.29 is 27.5 Å². The third-order valence-electron chi connectivity index (χ3n) is 4.47. The van der Waals surface area contributed by atoms with E-state index in [-0.39, 0.29) is 0 Å². The van der Waals surface area contributed by atoms with Crippen molar-refractivity contribution in [2.24, 2.45) is 5.73 Å². The average Bonchev–Trinajstić information content (AvgIpc) is 2.72. The average molecular weight is 408 g/mol. The highest BCUT2D eigenvalue weighted by Gasteiger charge is 2.30. The molecule has 29 heavy (non-hydrogen) atoms. The summed E-state index contributed by atoms with van der Waals surface area (Å²) in [5, 5.41) is 0. The van der Waals surface area contributed by atoms with E-state index in [1.165, 1.54) is 11.0 Å². The number of halogens is 3. The zero-order chi connectivity index (χ0) is 21.0. The van der Waals surface area contributed by atoms with Gasteiger partial charge in [0.05, 0.1) is 23.1 Å². The summed E-state index contributed by atoms with van der Waals surface area (Å²) in [6.07, 6.45) is -3.41. The van der Waals surface area contributed by atoms with E-state index in [4.69, 9.17) is 10.5 Å². The number of carbonyl (C=O) groups excluding carboxylic acids is 2. The van der Waals surface area contributed by atoms with Crippen molar-refractivity contribution in [3.8, 4) is 11.3 Å². The van der Waals surface area contributed by atoms with Gasteiger partial charge in [-0.3, -0.25) is 9.78 Å². The zero-order valence-electron chi connectivity index (χ0n) is 15.4. The van der Waals surface area contributed by atoms with E-state index < -0.39 is 30.3 Å². The molecule has 1 aromatic carbocycles. The lowest BCUT2D eigenvalue weighted by Crippen LogP contribution is -2.49. The van der Waals surface area contributed by atoms with Gasteiger partial charge in [0.2, 0.25) is 0 Å². The maximum atomic E-state index is 12.9. The highest BCUT2D eigenvalue weighted by atomic mass is 19.4. The monoisotopic (exact) mass is 408 g/mol. The maximum absolute atomic E-state index is 12.9. The molecule has 1 fully saturated rings. The van der Waals surface area contributed by atoms with Gasteiger partial charge in [-0.05, 0) is 24.3 Å². The van der Waals surface area contributed by atoms with Crippen LogP contribution in [0.3, 0.4) is 0 Å². The Labute approximate surface area is 164 Å². The lowest BCUT2D eigenvalue weighted by atomic mass is 10.1. The topological polar surface area (TPSA) is 88.8 Å².